The fourth-order valence-electron chi connectivity index (χ4n) is 4.51. The Bertz CT molecular complexity index is 858. The van der Waals surface area contributed by atoms with Crippen molar-refractivity contribution in [2.24, 2.45) is 17.6 Å². The van der Waals surface area contributed by atoms with E-state index in [1.807, 2.05) is 18.2 Å². The van der Waals surface area contributed by atoms with Crippen LogP contribution in [-0.4, -0.2) is 13.1 Å². The van der Waals surface area contributed by atoms with E-state index < -0.39 is 11.7 Å². The van der Waals surface area contributed by atoms with E-state index in [-0.39, 0.29) is 0 Å². The lowest BCUT2D eigenvalue weighted by atomic mass is 9.80. The van der Waals surface area contributed by atoms with Crippen LogP contribution in [0.2, 0.25) is 0 Å². The van der Waals surface area contributed by atoms with E-state index >= 15 is 0 Å². The van der Waals surface area contributed by atoms with Gasteiger partial charge in [-0.15, -0.1) is 0 Å². The molecule has 29 heavy (non-hydrogen) atoms. The fourth-order valence-corrected chi connectivity index (χ4v) is 5.66. The van der Waals surface area contributed by atoms with Gasteiger partial charge < -0.3 is 11.1 Å². The highest BCUT2D eigenvalue weighted by atomic mass is 32.2. The predicted molar refractivity (Wildman–Crippen MR) is 112 cm³/mol. The van der Waals surface area contributed by atoms with Gasteiger partial charge in [0.15, 0.2) is 0 Å². The maximum absolute atomic E-state index is 13.5. The van der Waals surface area contributed by atoms with E-state index in [9.17, 15) is 13.2 Å². The van der Waals surface area contributed by atoms with Gasteiger partial charge in [-0.2, -0.15) is 13.2 Å². The largest absolute Gasteiger partial charge is 0.416 e. The number of halogens is 3. The predicted octanol–water partition coefficient (Wildman–Crippen LogP) is 6.33. The smallest absolute Gasteiger partial charge is 0.384 e. The minimum Gasteiger partial charge on any atom is -0.384 e. The van der Waals surface area contributed by atoms with Crippen molar-refractivity contribution in [3.8, 4) is 0 Å². The van der Waals surface area contributed by atoms with Crippen LogP contribution in [0.1, 0.15) is 48.8 Å². The van der Waals surface area contributed by atoms with Crippen molar-refractivity contribution in [3.05, 3.63) is 53.1 Å². The first-order valence-corrected chi connectivity index (χ1v) is 11.2. The van der Waals surface area contributed by atoms with Gasteiger partial charge in [-0.1, -0.05) is 42.8 Å². The molecule has 1 aliphatic carbocycles. The van der Waals surface area contributed by atoms with Crippen LogP contribution in [0.3, 0.4) is 0 Å². The minimum absolute atomic E-state index is 0.512. The SMILES string of the molecule is NCCC1CCC(CNc2cc(C(F)(F)F)cc3c2Cc2ccccc2S3)CC1. The minimum atomic E-state index is -4.34. The van der Waals surface area contributed by atoms with Gasteiger partial charge >= 0.3 is 6.18 Å². The maximum atomic E-state index is 13.5. The third-order valence-electron chi connectivity index (χ3n) is 6.22. The zero-order valence-corrected chi connectivity index (χ0v) is 17.2. The molecule has 2 aromatic carbocycles. The molecule has 2 nitrogen and oxygen atoms in total. The van der Waals surface area contributed by atoms with Crippen LogP contribution >= 0.6 is 11.8 Å². The highest BCUT2D eigenvalue weighted by Crippen LogP contribution is 2.45. The number of rotatable bonds is 5. The van der Waals surface area contributed by atoms with Gasteiger partial charge in [0.05, 0.1) is 5.56 Å². The van der Waals surface area contributed by atoms with Crippen molar-refractivity contribution in [2.75, 3.05) is 18.4 Å². The summed E-state index contributed by atoms with van der Waals surface area (Å²) < 4.78 is 40.5. The summed E-state index contributed by atoms with van der Waals surface area (Å²) in [5.74, 6) is 1.23. The molecule has 3 N–H and O–H groups in total. The maximum Gasteiger partial charge on any atom is 0.416 e. The first kappa shape index (κ1) is 20.6. The molecular formula is C23H27F3N2S. The second-order valence-electron chi connectivity index (χ2n) is 8.23. The molecule has 0 radical (unpaired) electrons. The average molecular weight is 421 g/mol. The molecule has 1 aliphatic heterocycles. The molecule has 0 amide bonds. The molecular weight excluding hydrogens is 393 g/mol. The van der Waals surface area contributed by atoms with Gasteiger partial charge in [0.25, 0.3) is 0 Å². The molecule has 2 aliphatic rings. The number of anilines is 1. The summed E-state index contributed by atoms with van der Waals surface area (Å²) in [5, 5.41) is 3.39. The lowest BCUT2D eigenvalue weighted by Crippen LogP contribution is -2.23. The van der Waals surface area contributed by atoms with Crippen LogP contribution in [0, 0.1) is 11.8 Å². The molecule has 0 bridgehead atoms. The first-order chi connectivity index (χ1) is 13.9. The molecule has 0 atom stereocenters. The third kappa shape index (κ3) is 4.75. The Morgan fingerprint density at radius 1 is 1.00 bits per heavy atom. The standard InChI is InChI=1S/C23H27F3N2S/c24-23(25,26)18-12-20(28-14-16-7-5-15(6-8-16)9-10-27)19-11-17-3-1-2-4-21(17)29-22(19)13-18/h1-4,12-13,15-16,28H,5-11,14,27H2. The molecule has 1 saturated carbocycles. The number of alkyl halides is 3. The van der Waals surface area contributed by atoms with E-state index in [0.717, 1.165) is 42.8 Å². The van der Waals surface area contributed by atoms with E-state index in [0.29, 0.717) is 28.8 Å². The van der Waals surface area contributed by atoms with Crippen LogP contribution in [0.5, 0.6) is 0 Å². The molecule has 6 heteroatoms. The zero-order valence-electron chi connectivity index (χ0n) is 16.4. The number of nitrogens with one attached hydrogen (secondary N) is 1. The third-order valence-corrected chi connectivity index (χ3v) is 7.42. The Balaban J connectivity index is 1.53. The summed E-state index contributed by atoms with van der Waals surface area (Å²) in [4.78, 5) is 1.76. The zero-order chi connectivity index (χ0) is 20.4. The van der Waals surface area contributed by atoms with Gasteiger partial charge in [-0.25, -0.2) is 0 Å². The van der Waals surface area contributed by atoms with Crippen molar-refractivity contribution in [3.63, 3.8) is 0 Å². The number of nitrogens with two attached hydrogens (primary N) is 1. The van der Waals surface area contributed by atoms with E-state index in [4.69, 9.17) is 5.73 Å². The van der Waals surface area contributed by atoms with Crippen molar-refractivity contribution in [2.45, 2.75) is 54.5 Å². The number of benzene rings is 2. The second-order valence-corrected chi connectivity index (χ2v) is 9.31. The van der Waals surface area contributed by atoms with Gasteiger partial charge in [0.2, 0.25) is 0 Å². The van der Waals surface area contributed by atoms with Crippen molar-refractivity contribution in [1.82, 2.24) is 0 Å². The summed E-state index contributed by atoms with van der Waals surface area (Å²) >= 11 is 1.44. The van der Waals surface area contributed by atoms with Crippen molar-refractivity contribution in [1.29, 1.82) is 0 Å². The summed E-state index contributed by atoms with van der Waals surface area (Å²) in [6, 6.07) is 10.6. The molecule has 0 saturated heterocycles. The van der Waals surface area contributed by atoms with Crippen LogP contribution in [0.4, 0.5) is 18.9 Å². The lowest BCUT2D eigenvalue weighted by molar-refractivity contribution is -0.137. The summed E-state index contributed by atoms with van der Waals surface area (Å²) in [6.45, 7) is 1.47. The molecule has 0 unspecified atom stereocenters. The van der Waals surface area contributed by atoms with E-state index in [2.05, 4.69) is 11.4 Å². The summed E-state index contributed by atoms with van der Waals surface area (Å²) in [5.41, 5.74) is 7.90. The number of hydrogen-bond acceptors (Lipinski definition) is 3. The monoisotopic (exact) mass is 420 g/mol. The molecule has 0 spiro atoms. The Hall–Kier alpha value is -1.66. The van der Waals surface area contributed by atoms with Crippen molar-refractivity contribution >= 4 is 17.4 Å². The van der Waals surface area contributed by atoms with E-state index in [1.54, 1.807) is 0 Å². The van der Waals surface area contributed by atoms with Gasteiger partial charge in [-0.05, 0) is 67.0 Å². The van der Waals surface area contributed by atoms with Gasteiger partial charge in [0, 0.05) is 28.4 Å². The molecule has 1 heterocycles. The molecule has 156 valence electrons. The number of fused-ring (bicyclic) bond motifs is 2. The van der Waals surface area contributed by atoms with Crippen LogP contribution in [-0.2, 0) is 12.6 Å². The molecule has 4 rings (SSSR count). The summed E-state index contributed by atoms with van der Waals surface area (Å²) in [7, 11) is 0. The molecule has 2 aromatic rings. The Morgan fingerprint density at radius 3 is 2.45 bits per heavy atom. The van der Waals surface area contributed by atoms with Gasteiger partial charge in [0.1, 0.15) is 0 Å². The molecule has 1 fully saturated rings. The molecule has 0 aromatic heterocycles. The normalized spacial score (nSPS) is 21.4. The highest BCUT2D eigenvalue weighted by Gasteiger charge is 2.33. The second kappa shape index (κ2) is 8.60. The van der Waals surface area contributed by atoms with Crippen LogP contribution < -0.4 is 11.1 Å². The Morgan fingerprint density at radius 2 is 1.72 bits per heavy atom. The van der Waals surface area contributed by atoms with Crippen LogP contribution in [0.15, 0.2) is 46.2 Å². The Labute approximate surface area is 174 Å². The summed E-state index contributed by atoms with van der Waals surface area (Å²) in [6.07, 6.45) is 2.00. The first-order valence-electron chi connectivity index (χ1n) is 10.4. The lowest BCUT2D eigenvalue weighted by Gasteiger charge is -2.30. The number of hydrogen-bond donors (Lipinski definition) is 2. The topological polar surface area (TPSA) is 38.0 Å². The van der Waals surface area contributed by atoms with Crippen molar-refractivity contribution < 1.29 is 13.2 Å². The average Bonchev–Trinajstić information content (AvgIpc) is 2.71. The fraction of sp³-hybridized carbons (Fsp3) is 0.478. The Kier molecular flexibility index (Phi) is 6.11. The highest BCUT2D eigenvalue weighted by molar-refractivity contribution is 7.99. The van der Waals surface area contributed by atoms with Crippen LogP contribution in [0.25, 0.3) is 0 Å². The quantitative estimate of drug-likeness (QED) is 0.507. The van der Waals surface area contributed by atoms with Gasteiger partial charge in [-0.3, -0.25) is 0 Å². The van der Waals surface area contributed by atoms with E-state index in [1.165, 1.54) is 42.3 Å².